The molecule has 94 valence electrons. The van der Waals surface area contributed by atoms with Crippen molar-refractivity contribution in [1.29, 1.82) is 0 Å². The zero-order valence-electron chi connectivity index (χ0n) is 10.9. The van der Waals surface area contributed by atoms with Gasteiger partial charge in [0.05, 0.1) is 7.11 Å². The zero-order valence-corrected chi connectivity index (χ0v) is 10.9. The number of hydrogen-bond donors (Lipinski definition) is 1. The van der Waals surface area contributed by atoms with Crippen LogP contribution in [0.4, 0.5) is 5.69 Å². The van der Waals surface area contributed by atoms with Crippen molar-refractivity contribution in [2.24, 2.45) is 5.92 Å². The van der Waals surface area contributed by atoms with Gasteiger partial charge in [0.15, 0.2) is 0 Å². The van der Waals surface area contributed by atoms with Crippen LogP contribution in [0.1, 0.15) is 39.0 Å². The molecule has 2 nitrogen and oxygen atoms in total. The van der Waals surface area contributed by atoms with E-state index in [4.69, 9.17) is 4.74 Å². The smallest absolute Gasteiger partial charge is 0.119 e. The monoisotopic (exact) mass is 233 g/mol. The summed E-state index contributed by atoms with van der Waals surface area (Å²) in [7, 11) is 1.71. The lowest BCUT2D eigenvalue weighted by Crippen LogP contribution is -2.31. The quantitative estimate of drug-likeness (QED) is 0.846. The molecule has 0 amide bonds. The molecule has 1 fully saturated rings. The van der Waals surface area contributed by atoms with Crippen LogP contribution in [0.2, 0.25) is 0 Å². The highest BCUT2D eigenvalue weighted by atomic mass is 16.5. The Morgan fingerprint density at radius 3 is 2.53 bits per heavy atom. The van der Waals surface area contributed by atoms with Crippen LogP contribution in [0.25, 0.3) is 0 Å². The van der Waals surface area contributed by atoms with Crippen molar-refractivity contribution in [2.75, 3.05) is 12.4 Å². The molecule has 0 bridgehead atoms. The summed E-state index contributed by atoms with van der Waals surface area (Å²) < 4.78 is 5.17. The van der Waals surface area contributed by atoms with Gasteiger partial charge in [-0.15, -0.1) is 0 Å². The summed E-state index contributed by atoms with van der Waals surface area (Å²) in [5.41, 5.74) is 1.22. The molecule has 17 heavy (non-hydrogen) atoms. The third kappa shape index (κ3) is 3.15. The third-order valence-corrected chi connectivity index (χ3v) is 3.88. The lowest BCUT2D eigenvalue weighted by atomic mass is 9.83. The van der Waals surface area contributed by atoms with Gasteiger partial charge < -0.3 is 10.1 Å². The molecule has 1 aromatic rings. The summed E-state index contributed by atoms with van der Waals surface area (Å²) in [6, 6.07) is 8.92. The van der Waals surface area contributed by atoms with Gasteiger partial charge in [0.25, 0.3) is 0 Å². The first-order valence-corrected chi connectivity index (χ1v) is 6.74. The summed E-state index contributed by atoms with van der Waals surface area (Å²) in [6.07, 6.45) is 6.74. The molecule has 1 saturated carbocycles. The summed E-state index contributed by atoms with van der Waals surface area (Å²) in [5, 5.41) is 3.68. The summed E-state index contributed by atoms with van der Waals surface area (Å²) in [5.74, 6) is 1.76. The summed E-state index contributed by atoms with van der Waals surface area (Å²) >= 11 is 0. The minimum atomic E-state index is 0.655. The van der Waals surface area contributed by atoms with E-state index in [1.54, 1.807) is 7.11 Å². The molecular weight excluding hydrogens is 210 g/mol. The van der Waals surface area contributed by atoms with Gasteiger partial charge in [-0.2, -0.15) is 0 Å². The van der Waals surface area contributed by atoms with Crippen molar-refractivity contribution in [3.8, 4) is 5.75 Å². The molecule has 0 unspecified atom stereocenters. The molecular formula is C15H23NO. The minimum Gasteiger partial charge on any atom is -0.497 e. The molecule has 1 aromatic carbocycles. The first-order valence-electron chi connectivity index (χ1n) is 6.74. The standard InChI is InChI=1S/C15H23NO/c1-3-12-6-4-5-7-15(12)16-13-8-10-14(17-2)11-9-13/h8-12,15-16H,3-7H2,1-2H3/t12-,15+/m0/s1. The van der Waals surface area contributed by atoms with Crippen LogP contribution < -0.4 is 10.1 Å². The number of methoxy groups -OCH3 is 1. The zero-order chi connectivity index (χ0) is 12.1. The SMILES string of the molecule is CC[C@H]1CCCC[C@H]1Nc1ccc(OC)cc1. The molecule has 1 aliphatic carbocycles. The minimum absolute atomic E-state index is 0.655. The molecule has 2 atom stereocenters. The predicted octanol–water partition coefficient (Wildman–Crippen LogP) is 4.08. The van der Waals surface area contributed by atoms with Gasteiger partial charge in [-0.3, -0.25) is 0 Å². The van der Waals surface area contributed by atoms with Gasteiger partial charge in [0, 0.05) is 11.7 Å². The second-order valence-corrected chi connectivity index (χ2v) is 4.93. The number of benzene rings is 1. The Kier molecular flexibility index (Phi) is 4.29. The number of hydrogen-bond acceptors (Lipinski definition) is 2. The Hall–Kier alpha value is -1.18. The molecule has 0 saturated heterocycles. The normalized spacial score (nSPS) is 24.4. The first kappa shape index (κ1) is 12.3. The van der Waals surface area contributed by atoms with Crippen LogP contribution in [-0.4, -0.2) is 13.2 Å². The topological polar surface area (TPSA) is 21.3 Å². The van der Waals surface area contributed by atoms with E-state index >= 15 is 0 Å². The molecule has 2 rings (SSSR count). The number of ether oxygens (including phenoxy) is 1. The van der Waals surface area contributed by atoms with Crippen LogP contribution in [0.3, 0.4) is 0 Å². The highest BCUT2D eigenvalue weighted by Crippen LogP contribution is 2.29. The summed E-state index contributed by atoms with van der Waals surface area (Å²) in [6.45, 7) is 2.30. The van der Waals surface area contributed by atoms with Gasteiger partial charge in [-0.25, -0.2) is 0 Å². The Balaban J connectivity index is 1.98. The van der Waals surface area contributed by atoms with E-state index < -0.39 is 0 Å². The van der Waals surface area contributed by atoms with Crippen molar-refractivity contribution in [3.05, 3.63) is 24.3 Å². The fourth-order valence-electron chi connectivity index (χ4n) is 2.79. The van der Waals surface area contributed by atoms with Gasteiger partial charge in [0.2, 0.25) is 0 Å². The van der Waals surface area contributed by atoms with Crippen molar-refractivity contribution in [2.45, 2.75) is 45.1 Å². The predicted molar refractivity (Wildman–Crippen MR) is 72.7 cm³/mol. The van der Waals surface area contributed by atoms with Gasteiger partial charge in [-0.1, -0.05) is 26.2 Å². The van der Waals surface area contributed by atoms with Crippen molar-refractivity contribution in [1.82, 2.24) is 0 Å². The summed E-state index contributed by atoms with van der Waals surface area (Å²) in [4.78, 5) is 0. The van der Waals surface area contributed by atoms with Crippen LogP contribution in [0.15, 0.2) is 24.3 Å². The average Bonchev–Trinajstić information content (AvgIpc) is 2.40. The molecule has 0 heterocycles. The molecule has 1 N–H and O–H groups in total. The van der Waals surface area contributed by atoms with Crippen LogP contribution in [0.5, 0.6) is 5.75 Å². The van der Waals surface area contributed by atoms with E-state index in [1.807, 2.05) is 12.1 Å². The Morgan fingerprint density at radius 1 is 1.18 bits per heavy atom. The Morgan fingerprint density at radius 2 is 1.88 bits per heavy atom. The van der Waals surface area contributed by atoms with Crippen LogP contribution in [-0.2, 0) is 0 Å². The van der Waals surface area contributed by atoms with Crippen LogP contribution >= 0.6 is 0 Å². The molecule has 2 heteroatoms. The second kappa shape index (κ2) is 5.95. The van der Waals surface area contributed by atoms with Crippen LogP contribution in [0, 0.1) is 5.92 Å². The maximum absolute atomic E-state index is 5.17. The van der Waals surface area contributed by atoms with E-state index in [-0.39, 0.29) is 0 Å². The molecule has 1 aliphatic rings. The number of nitrogens with one attached hydrogen (secondary N) is 1. The average molecular weight is 233 g/mol. The largest absolute Gasteiger partial charge is 0.497 e. The highest BCUT2D eigenvalue weighted by molar-refractivity contribution is 5.47. The number of rotatable bonds is 4. The molecule has 0 aliphatic heterocycles. The fourth-order valence-corrected chi connectivity index (χ4v) is 2.79. The van der Waals surface area contributed by atoms with Crippen molar-refractivity contribution < 1.29 is 4.74 Å². The van der Waals surface area contributed by atoms with Crippen molar-refractivity contribution in [3.63, 3.8) is 0 Å². The first-order chi connectivity index (χ1) is 8.33. The molecule has 0 radical (unpaired) electrons. The fraction of sp³-hybridized carbons (Fsp3) is 0.600. The van der Waals surface area contributed by atoms with Gasteiger partial charge in [-0.05, 0) is 43.0 Å². The number of anilines is 1. The lowest BCUT2D eigenvalue weighted by Gasteiger charge is -2.32. The maximum atomic E-state index is 5.17. The second-order valence-electron chi connectivity index (χ2n) is 4.93. The molecule has 0 aromatic heterocycles. The van der Waals surface area contributed by atoms with E-state index in [1.165, 1.54) is 37.8 Å². The van der Waals surface area contributed by atoms with E-state index in [9.17, 15) is 0 Å². The maximum Gasteiger partial charge on any atom is 0.119 e. The third-order valence-electron chi connectivity index (χ3n) is 3.88. The van der Waals surface area contributed by atoms with Crippen molar-refractivity contribution >= 4 is 5.69 Å². The Bertz CT molecular complexity index is 333. The highest BCUT2D eigenvalue weighted by Gasteiger charge is 2.23. The Labute approximate surface area is 104 Å². The van der Waals surface area contributed by atoms with E-state index in [2.05, 4.69) is 24.4 Å². The lowest BCUT2D eigenvalue weighted by molar-refractivity contribution is 0.317. The van der Waals surface area contributed by atoms with E-state index in [0.29, 0.717) is 6.04 Å². The molecule has 0 spiro atoms. The van der Waals surface area contributed by atoms with E-state index in [0.717, 1.165) is 11.7 Å². The van der Waals surface area contributed by atoms with Gasteiger partial charge in [0.1, 0.15) is 5.75 Å². The van der Waals surface area contributed by atoms with Gasteiger partial charge >= 0.3 is 0 Å².